The summed E-state index contributed by atoms with van der Waals surface area (Å²) >= 11 is 4.87. The van der Waals surface area contributed by atoms with Crippen molar-refractivity contribution in [2.75, 3.05) is 0 Å². The van der Waals surface area contributed by atoms with Crippen LogP contribution in [0.2, 0.25) is 0 Å². The highest BCUT2D eigenvalue weighted by atomic mass is 32.1. The summed E-state index contributed by atoms with van der Waals surface area (Å²) in [5.41, 5.74) is 5.90. The van der Waals surface area contributed by atoms with Crippen molar-refractivity contribution in [3.63, 3.8) is 0 Å². The lowest BCUT2D eigenvalue weighted by atomic mass is 10.0. The maximum Gasteiger partial charge on any atom is 0.252 e. The van der Waals surface area contributed by atoms with Gasteiger partial charge in [0.2, 0.25) is 0 Å². The van der Waals surface area contributed by atoms with Crippen LogP contribution in [0.15, 0.2) is 18.2 Å². The number of nitrogens with two attached hydrogens (primary N) is 1. The Kier molecular flexibility index (Phi) is 3.72. The molecule has 0 fully saturated rings. The molecular formula is C12H16N2O2S. The molecule has 0 unspecified atom stereocenters. The molecular weight excluding hydrogens is 236 g/mol. The van der Waals surface area contributed by atoms with Crippen LogP contribution in [0.25, 0.3) is 0 Å². The topological polar surface area (TPSA) is 75.4 Å². The van der Waals surface area contributed by atoms with Gasteiger partial charge < -0.3 is 16.2 Å². The summed E-state index contributed by atoms with van der Waals surface area (Å²) in [5.74, 6) is -0.110. The zero-order valence-corrected chi connectivity index (χ0v) is 10.9. The number of aromatic hydroxyl groups is 1. The van der Waals surface area contributed by atoms with Crippen LogP contribution >= 0.6 is 12.2 Å². The lowest BCUT2D eigenvalue weighted by Crippen LogP contribution is -2.52. The molecule has 0 radical (unpaired) electrons. The van der Waals surface area contributed by atoms with Gasteiger partial charge in [-0.2, -0.15) is 0 Å². The molecule has 0 aliphatic carbocycles. The summed E-state index contributed by atoms with van der Waals surface area (Å²) in [5, 5.41) is 12.1. The third-order valence-corrected chi connectivity index (χ3v) is 3.01. The molecule has 0 aromatic heterocycles. The molecule has 0 aliphatic heterocycles. The van der Waals surface area contributed by atoms with Gasteiger partial charge in [-0.15, -0.1) is 0 Å². The minimum absolute atomic E-state index is 0.162. The van der Waals surface area contributed by atoms with Crippen molar-refractivity contribution < 1.29 is 9.90 Å². The van der Waals surface area contributed by atoms with Crippen molar-refractivity contribution >= 4 is 23.1 Å². The van der Waals surface area contributed by atoms with E-state index in [1.807, 2.05) is 0 Å². The zero-order valence-electron chi connectivity index (χ0n) is 10.1. The van der Waals surface area contributed by atoms with Gasteiger partial charge in [0.1, 0.15) is 5.75 Å². The van der Waals surface area contributed by atoms with E-state index >= 15 is 0 Å². The molecule has 0 atom stereocenters. The predicted molar refractivity (Wildman–Crippen MR) is 71.2 cm³/mol. The number of carbonyl (C=O) groups is 1. The summed E-state index contributed by atoms with van der Waals surface area (Å²) in [6.07, 6.45) is 0. The highest BCUT2D eigenvalue weighted by Gasteiger charge is 2.24. The SMILES string of the molecule is Cc1cc(C(=O)NC(C)(C)C(N)=S)ccc1O. The number of hydrogen-bond donors (Lipinski definition) is 3. The van der Waals surface area contributed by atoms with Crippen LogP contribution < -0.4 is 11.1 Å². The van der Waals surface area contributed by atoms with E-state index in [1.165, 1.54) is 6.07 Å². The molecule has 4 N–H and O–H groups in total. The van der Waals surface area contributed by atoms with Crippen LogP contribution in [0.3, 0.4) is 0 Å². The van der Waals surface area contributed by atoms with Crippen LogP contribution in [0.5, 0.6) is 5.75 Å². The number of phenolic OH excluding ortho intramolecular Hbond substituents is 1. The van der Waals surface area contributed by atoms with E-state index in [9.17, 15) is 9.90 Å². The first-order valence-electron chi connectivity index (χ1n) is 5.16. The second-order valence-corrected chi connectivity index (χ2v) is 4.88. The van der Waals surface area contributed by atoms with Crippen LogP contribution in [0.4, 0.5) is 0 Å². The van der Waals surface area contributed by atoms with Gasteiger partial charge >= 0.3 is 0 Å². The Hall–Kier alpha value is -1.62. The van der Waals surface area contributed by atoms with Gasteiger partial charge in [-0.25, -0.2) is 0 Å². The van der Waals surface area contributed by atoms with Gasteiger partial charge in [0.25, 0.3) is 5.91 Å². The Bertz CT molecular complexity index is 470. The number of phenols is 1. The molecule has 0 heterocycles. The molecule has 0 saturated heterocycles. The molecule has 0 bridgehead atoms. The minimum Gasteiger partial charge on any atom is -0.508 e. The van der Waals surface area contributed by atoms with Crippen LogP contribution in [-0.2, 0) is 0 Å². The average Bonchev–Trinajstić information content (AvgIpc) is 2.21. The predicted octanol–water partition coefficient (Wildman–Crippen LogP) is 1.50. The molecule has 1 amide bonds. The Morgan fingerprint density at radius 3 is 2.53 bits per heavy atom. The van der Waals surface area contributed by atoms with E-state index in [4.69, 9.17) is 18.0 Å². The summed E-state index contributed by atoms with van der Waals surface area (Å²) in [6.45, 7) is 5.20. The largest absolute Gasteiger partial charge is 0.508 e. The first-order valence-corrected chi connectivity index (χ1v) is 5.57. The van der Waals surface area contributed by atoms with Crippen molar-refractivity contribution in [3.05, 3.63) is 29.3 Å². The third kappa shape index (κ3) is 3.17. The smallest absolute Gasteiger partial charge is 0.252 e. The lowest BCUT2D eigenvalue weighted by Gasteiger charge is -2.24. The van der Waals surface area contributed by atoms with E-state index in [0.29, 0.717) is 11.1 Å². The maximum absolute atomic E-state index is 11.9. The summed E-state index contributed by atoms with van der Waals surface area (Å²) in [7, 11) is 0. The fraction of sp³-hybridized carbons (Fsp3) is 0.333. The third-order valence-electron chi connectivity index (χ3n) is 2.50. The van der Waals surface area contributed by atoms with Gasteiger partial charge in [-0.3, -0.25) is 4.79 Å². The lowest BCUT2D eigenvalue weighted by molar-refractivity contribution is 0.0932. The molecule has 0 saturated carbocycles. The second kappa shape index (κ2) is 4.71. The van der Waals surface area contributed by atoms with Crippen molar-refractivity contribution in [1.29, 1.82) is 0 Å². The molecule has 1 aromatic rings. The standard InChI is InChI=1S/C12H16N2O2S/c1-7-6-8(4-5-9(7)15)10(16)14-12(2,3)11(13)17/h4-6,15H,1-3H3,(H2,13,17)(H,14,16). The molecule has 5 heteroatoms. The van der Waals surface area contributed by atoms with Gasteiger partial charge in [-0.1, -0.05) is 12.2 Å². The molecule has 1 rings (SSSR count). The van der Waals surface area contributed by atoms with Crippen molar-refractivity contribution in [3.8, 4) is 5.75 Å². The van der Waals surface area contributed by atoms with Crippen molar-refractivity contribution in [2.24, 2.45) is 5.73 Å². The number of carbonyl (C=O) groups excluding carboxylic acids is 1. The minimum atomic E-state index is -0.738. The van der Waals surface area contributed by atoms with Gasteiger partial charge in [-0.05, 0) is 44.5 Å². The van der Waals surface area contributed by atoms with E-state index in [-0.39, 0.29) is 16.6 Å². The first kappa shape index (κ1) is 13.4. The Morgan fingerprint density at radius 1 is 1.47 bits per heavy atom. The Labute approximate surface area is 106 Å². The number of benzene rings is 1. The summed E-state index contributed by atoms with van der Waals surface area (Å²) in [4.78, 5) is 12.1. The number of hydrogen-bond acceptors (Lipinski definition) is 3. The highest BCUT2D eigenvalue weighted by molar-refractivity contribution is 7.80. The fourth-order valence-electron chi connectivity index (χ4n) is 1.21. The van der Waals surface area contributed by atoms with Crippen LogP contribution in [0, 0.1) is 6.92 Å². The molecule has 1 aromatic carbocycles. The molecule has 0 spiro atoms. The first-order chi connectivity index (χ1) is 7.74. The number of aryl methyl sites for hydroxylation is 1. The number of thiocarbonyl (C=S) groups is 1. The second-order valence-electron chi connectivity index (χ2n) is 4.44. The summed E-state index contributed by atoms with van der Waals surface area (Å²) < 4.78 is 0. The maximum atomic E-state index is 11.9. The Morgan fingerprint density at radius 2 is 2.06 bits per heavy atom. The van der Waals surface area contributed by atoms with Crippen molar-refractivity contribution in [2.45, 2.75) is 26.3 Å². The van der Waals surface area contributed by atoms with Crippen LogP contribution in [0.1, 0.15) is 29.8 Å². The number of amides is 1. The zero-order chi connectivity index (χ0) is 13.2. The summed E-state index contributed by atoms with van der Waals surface area (Å²) in [6, 6.07) is 4.64. The molecule has 17 heavy (non-hydrogen) atoms. The number of rotatable bonds is 3. The van der Waals surface area contributed by atoms with E-state index in [2.05, 4.69) is 5.32 Å². The molecule has 0 aliphatic rings. The van der Waals surface area contributed by atoms with Gasteiger partial charge in [0, 0.05) is 5.56 Å². The van der Waals surface area contributed by atoms with Crippen molar-refractivity contribution in [1.82, 2.24) is 5.32 Å². The van der Waals surface area contributed by atoms with E-state index < -0.39 is 5.54 Å². The number of nitrogens with one attached hydrogen (secondary N) is 1. The molecule has 4 nitrogen and oxygen atoms in total. The Balaban J connectivity index is 2.91. The van der Waals surface area contributed by atoms with E-state index in [0.717, 1.165) is 0 Å². The fourth-order valence-corrected chi connectivity index (χ4v) is 1.27. The van der Waals surface area contributed by atoms with E-state index in [1.54, 1.807) is 32.9 Å². The quantitative estimate of drug-likeness (QED) is 0.713. The van der Waals surface area contributed by atoms with Gasteiger partial charge in [0.05, 0.1) is 10.5 Å². The average molecular weight is 252 g/mol. The monoisotopic (exact) mass is 252 g/mol. The normalized spacial score (nSPS) is 11.0. The van der Waals surface area contributed by atoms with Gasteiger partial charge in [0.15, 0.2) is 0 Å². The molecule has 92 valence electrons. The van der Waals surface area contributed by atoms with Crippen LogP contribution in [-0.4, -0.2) is 21.5 Å². The highest BCUT2D eigenvalue weighted by Crippen LogP contribution is 2.17.